The monoisotopic (exact) mass is 344 g/mol. The second-order valence-corrected chi connectivity index (χ2v) is 7.41. The summed E-state index contributed by atoms with van der Waals surface area (Å²) < 4.78 is 5.27. The van der Waals surface area contributed by atoms with Crippen LogP contribution in [-0.4, -0.2) is 48.7 Å². The van der Waals surface area contributed by atoms with Crippen LogP contribution in [0.2, 0.25) is 0 Å². The van der Waals surface area contributed by atoms with Crippen molar-refractivity contribution in [3.8, 4) is 5.75 Å². The van der Waals surface area contributed by atoms with E-state index in [1.54, 1.807) is 7.11 Å². The molecule has 0 aliphatic carbocycles. The molecule has 0 radical (unpaired) electrons. The van der Waals surface area contributed by atoms with Gasteiger partial charge in [0.2, 0.25) is 5.91 Å². The topological polar surface area (TPSA) is 42.0 Å². The van der Waals surface area contributed by atoms with Gasteiger partial charge in [-0.3, -0.25) is 9.63 Å². The Morgan fingerprint density at radius 1 is 1.04 bits per heavy atom. The van der Waals surface area contributed by atoms with E-state index in [0.29, 0.717) is 0 Å². The Morgan fingerprint density at radius 2 is 1.76 bits per heavy atom. The second kappa shape index (κ2) is 7.34. The molecule has 0 N–H and O–H groups in total. The number of benzene rings is 1. The van der Waals surface area contributed by atoms with Crippen molar-refractivity contribution < 1.29 is 14.4 Å². The minimum atomic E-state index is -0.177. The fourth-order valence-electron chi connectivity index (χ4n) is 4.51. The van der Waals surface area contributed by atoms with Crippen molar-refractivity contribution in [1.82, 2.24) is 9.96 Å². The van der Waals surface area contributed by atoms with Crippen LogP contribution in [-0.2, 0) is 9.63 Å². The Hall–Kier alpha value is -1.59. The van der Waals surface area contributed by atoms with Gasteiger partial charge in [0.15, 0.2) is 0 Å². The molecule has 3 aliphatic heterocycles. The first kappa shape index (κ1) is 16.9. The van der Waals surface area contributed by atoms with Crippen molar-refractivity contribution in [3.05, 3.63) is 29.8 Å². The van der Waals surface area contributed by atoms with E-state index in [-0.39, 0.29) is 24.0 Å². The largest absolute Gasteiger partial charge is 0.497 e. The van der Waals surface area contributed by atoms with Crippen LogP contribution in [0.1, 0.15) is 50.2 Å². The molecule has 0 spiro atoms. The predicted octanol–water partition coefficient (Wildman–Crippen LogP) is 3.16. The van der Waals surface area contributed by atoms with E-state index in [4.69, 9.17) is 9.57 Å². The van der Waals surface area contributed by atoms with Gasteiger partial charge in [-0.1, -0.05) is 18.6 Å². The summed E-state index contributed by atoms with van der Waals surface area (Å²) in [7, 11) is 1.67. The van der Waals surface area contributed by atoms with Crippen LogP contribution in [0.5, 0.6) is 5.75 Å². The Kier molecular flexibility index (Phi) is 4.95. The third-order valence-electron chi connectivity index (χ3n) is 5.89. The van der Waals surface area contributed by atoms with Gasteiger partial charge in [0, 0.05) is 25.7 Å². The summed E-state index contributed by atoms with van der Waals surface area (Å²) in [5.41, 5.74) is 1.07. The number of carbonyl (C=O) groups excluding carboxylic acids is 1. The van der Waals surface area contributed by atoms with E-state index in [2.05, 4.69) is 9.96 Å². The highest BCUT2D eigenvalue weighted by Gasteiger charge is 2.49. The third kappa shape index (κ3) is 3.27. The van der Waals surface area contributed by atoms with E-state index in [9.17, 15) is 4.79 Å². The first-order chi connectivity index (χ1) is 12.3. The molecule has 136 valence electrons. The van der Waals surface area contributed by atoms with Crippen LogP contribution in [0.25, 0.3) is 0 Å². The Balaban J connectivity index is 1.61. The SMILES string of the molecule is COc1ccc([C@H]2ON3CCCC[C@H]3[C@@H]2C(=O)N2CCCCC2)cc1. The van der Waals surface area contributed by atoms with Crippen LogP contribution in [0.3, 0.4) is 0 Å². The van der Waals surface area contributed by atoms with E-state index in [1.165, 1.54) is 12.8 Å². The van der Waals surface area contributed by atoms with Crippen LogP contribution in [0, 0.1) is 5.92 Å². The number of methoxy groups -OCH3 is 1. The van der Waals surface area contributed by atoms with Crippen molar-refractivity contribution >= 4 is 5.91 Å². The number of ether oxygens (including phenoxy) is 1. The van der Waals surface area contributed by atoms with Gasteiger partial charge in [-0.15, -0.1) is 0 Å². The van der Waals surface area contributed by atoms with Crippen molar-refractivity contribution in [2.24, 2.45) is 5.92 Å². The van der Waals surface area contributed by atoms with Crippen molar-refractivity contribution in [2.75, 3.05) is 26.7 Å². The van der Waals surface area contributed by atoms with Crippen molar-refractivity contribution in [3.63, 3.8) is 0 Å². The Bertz CT molecular complexity index is 597. The molecule has 0 bridgehead atoms. The van der Waals surface area contributed by atoms with Gasteiger partial charge in [0.05, 0.1) is 13.0 Å². The average molecular weight is 344 g/mol. The molecule has 3 saturated heterocycles. The number of hydrogen-bond donors (Lipinski definition) is 0. The summed E-state index contributed by atoms with van der Waals surface area (Å²) >= 11 is 0. The molecule has 25 heavy (non-hydrogen) atoms. The average Bonchev–Trinajstić information content (AvgIpc) is 3.07. The van der Waals surface area contributed by atoms with Gasteiger partial charge in [0.1, 0.15) is 11.9 Å². The second-order valence-electron chi connectivity index (χ2n) is 7.41. The van der Waals surface area contributed by atoms with E-state index in [0.717, 1.165) is 56.6 Å². The zero-order valence-electron chi connectivity index (χ0n) is 15.0. The van der Waals surface area contributed by atoms with E-state index < -0.39 is 0 Å². The first-order valence-electron chi connectivity index (χ1n) is 9.64. The van der Waals surface area contributed by atoms with Gasteiger partial charge in [-0.05, 0) is 49.8 Å². The summed E-state index contributed by atoms with van der Waals surface area (Å²) in [5, 5.41) is 2.09. The van der Waals surface area contributed by atoms with Crippen LogP contribution in [0.4, 0.5) is 0 Å². The number of nitrogens with zero attached hydrogens (tertiary/aromatic N) is 2. The number of likely N-dealkylation sites (tertiary alicyclic amines) is 1. The summed E-state index contributed by atoms with van der Waals surface area (Å²) in [5.74, 6) is 1.03. The number of carbonyl (C=O) groups is 1. The molecule has 3 aliphatic rings. The van der Waals surface area contributed by atoms with Crippen molar-refractivity contribution in [2.45, 2.75) is 50.7 Å². The maximum atomic E-state index is 13.4. The first-order valence-corrected chi connectivity index (χ1v) is 9.64. The quantitative estimate of drug-likeness (QED) is 0.845. The number of hydrogen-bond acceptors (Lipinski definition) is 4. The molecular formula is C20H28N2O3. The standard InChI is InChI=1S/C20H28N2O3/c1-24-16-10-8-15(9-11-16)19-18(17-7-3-6-14-22(17)25-19)20(23)21-12-4-2-5-13-21/h8-11,17-19H,2-7,12-14H2,1H3/t17-,18-,19+/m0/s1. The molecule has 1 amide bonds. The van der Waals surface area contributed by atoms with Crippen molar-refractivity contribution in [1.29, 1.82) is 0 Å². The molecule has 4 rings (SSSR count). The zero-order valence-corrected chi connectivity index (χ0v) is 15.0. The maximum Gasteiger partial charge on any atom is 0.230 e. The molecule has 3 fully saturated rings. The van der Waals surface area contributed by atoms with Gasteiger partial charge in [-0.2, -0.15) is 5.06 Å². The number of fused-ring (bicyclic) bond motifs is 1. The van der Waals surface area contributed by atoms with E-state index >= 15 is 0 Å². The number of hydroxylamine groups is 2. The zero-order chi connectivity index (χ0) is 17.2. The Morgan fingerprint density at radius 3 is 2.48 bits per heavy atom. The van der Waals surface area contributed by atoms with Gasteiger partial charge < -0.3 is 9.64 Å². The molecule has 5 nitrogen and oxygen atoms in total. The number of piperidine rings is 2. The molecule has 1 aromatic rings. The molecular weight excluding hydrogens is 316 g/mol. The molecule has 3 heterocycles. The fourth-order valence-corrected chi connectivity index (χ4v) is 4.51. The smallest absolute Gasteiger partial charge is 0.230 e. The van der Waals surface area contributed by atoms with Gasteiger partial charge in [-0.25, -0.2) is 0 Å². The summed E-state index contributed by atoms with van der Waals surface area (Å²) in [6.45, 7) is 2.73. The lowest BCUT2D eigenvalue weighted by Crippen LogP contribution is -2.46. The highest BCUT2D eigenvalue weighted by atomic mass is 16.7. The van der Waals surface area contributed by atoms with Crippen LogP contribution >= 0.6 is 0 Å². The van der Waals surface area contributed by atoms with E-state index in [1.807, 2.05) is 24.3 Å². The lowest BCUT2D eigenvalue weighted by molar-refractivity contribution is -0.173. The fraction of sp³-hybridized carbons (Fsp3) is 0.650. The van der Waals surface area contributed by atoms with Crippen LogP contribution in [0.15, 0.2) is 24.3 Å². The van der Waals surface area contributed by atoms with Crippen LogP contribution < -0.4 is 4.74 Å². The van der Waals surface area contributed by atoms with Gasteiger partial charge >= 0.3 is 0 Å². The third-order valence-corrected chi connectivity index (χ3v) is 5.89. The molecule has 0 saturated carbocycles. The molecule has 0 aromatic heterocycles. The predicted molar refractivity (Wildman–Crippen MR) is 95.1 cm³/mol. The molecule has 5 heteroatoms. The number of amides is 1. The highest BCUT2D eigenvalue weighted by molar-refractivity contribution is 5.81. The summed E-state index contributed by atoms with van der Waals surface area (Å²) in [4.78, 5) is 21.7. The lowest BCUT2D eigenvalue weighted by Gasteiger charge is -2.34. The lowest BCUT2D eigenvalue weighted by atomic mass is 9.85. The molecule has 1 aromatic carbocycles. The molecule has 3 atom stereocenters. The summed E-state index contributed by atoms with van der Waals surface area (Å²) in [6, 6.07) is 8.21. The minimum absolute atomic E-state index is 0.0909. The number of rotatable bonds is 3. The summed E-state index contributed by atoms with van der Waals surface area (Å²) in [6.07, 6.45) is 6.70. The molecule has 0 unspecified atom stereocenters. The normalized spacial score (nSPS) is 30.1. The minimum Gasteiger partial charge on any atom is -0.497 e. The Labute approximate surface area is 149 Å². The highest BCUT2D eigenvalue weighted by Crippen LogP contribution is 2.44. The van der Waals surface area contributed by atoms with Gasteiger partial charge in [0.25, 0.3) is 0 Å². The maximum absolute atomic E-state index is 13.4.